The van der Waals surface area contributed by atoms with E-state index in [9.17, 15) is 24.4 Å². The highest BCUT2D eigenvalue weighted by Crippen LogP contribution is 2.26. The molecule has 0 heterocycles. The number of rotatable bonds is 5. The van der Waals surface area contributed by atoms with E-state index in [1.807, 2.05) is 0 Å². The van der Waals surface area contributed by atoms with Crippen molar-refractivity contribution in [3.8, 4) is 11.5 Å². The fraction of sp³-hybridized carbons (Fsp3) is 0.133. The number of amides is 2. The summed E-state index contributed by atoms with van der Waals surface area (Å²) in [6, 6.07) is 6.61. The molecule has 9 heteroatoms. The smallest absolute Gasteiger partial charge is 0.319 e. The quantitative estimate of drug-likeness (QED) is 0.574. The van der Waals surface area contributed by atoms with Gasteiger partial charge in [-0.3, -0.25) is 10.1 Å². The number of aromatic hydroxyl groups is 1. The minimum absolute atomic E-state index is 0.0376. The molecule has 0 aliphatic heterocycles. The summed E-state index contributed by atoms with van der Waals surface area (Å²) in [6.07, 6.45) is 0. The number of phenols is 1. The van der Waals surface area contributed by atoms with Gasteiger partial charge in [0.25, 0.3) is 5.69 Å². The summed E-state index contributed by atoms with van der Waals surface area (Å²) in [6.45, 7) is 0.0824. The summed E-state index contributed by atoms with van der Waals surface area (Å²) >= 11 is 0. The zero-order valence-corrected chi connectivity index (χ0v) is 12.6. The van der Waals surface area contributed by atoms with Crippen molar-refractivity contribution in [2.75, 3.05) is 12.4 Å². The van der Waals surface area contributed by atoms with Crippen LogP contribution >= 0.6 is 0 Å². The zero-order valence-electron chi connectivity index (χ0n) is 12.6. The van der Waals surface area contributed by atoms with Crippen LogP contribution in [0.25, 0.3) is 0 Å². The maximum absolute atomic E-state index is 13.6. The van der Waals surface area contributed by atoms with Crippen molar-refractivity contribution in [3.05, 3.63) is 57.9 Å². The lowest BCUT2D eigenvalue weighted by Crippen LogP contribution is -2.28. The molecule has 24 heavy (non-hydrogen) atoms. The van der Waals surface area contributed by atoms with Crippen molar-refractivity contribution in [1.29, 1.82) is 0 Å². The largest absolute Gasteiger partial charge is 0.504 e. The molecule has 0 bridgehead atoms. The number of anilines is 1. The number of non-ortho nitro benzene ring substituents is 1. The molecule has 3 N–H and O–H groups in total. The molecule has 0 saturated heterocycles. The first-order valence-electron chi connectivity index (χ1n) is 6.75. The van der Waals surface area contributed by atoms with Crippen LogP contribution in [-0.2, 0) is 6.54 Å². The second-order valence-electron chi connectivity index (χ2n) is 4.74. The minimum Gasteiger partial charge on any atom is -0.504 e. The van der Waals surface area contributed by atoms with Gasteiger partial charge in [0.05, 0.1) is 17.7 Å². The fourth-order valence-electron chi connectivity index (χ4n) is 1.90. The Balaban J connectivity index is 2.01. The van der Waals surface area contributed by atoms with E-state index >= 15 is 0 Å². The van der Waals surface area contributed by atoms with Gasteiger partial charge in [-0.1, -0.05) is 6.07 Å². The van der Waals surface area contributed by atoms with E-state index in [4.69, 9.17) is 4.74 Å². The molecule has 0 saturated carbocycles. The maximum Gasteiger partial charge on any atom is 0.319 e. The standard InChI is InChI=1S/C15H14FN3O5/c1-24-14-6-9(2-5-13(14)20)8-17-15(21)18-12-7-10(19(22)23)3-4-11(12)16/h2-7,20H,8H2,1H3,(H2,17,18,21). The third kappa shape index (κ3) is 4.09. The number of phenolic OH excluding ortho intramolecular Hbond substituents is 1. The highest BCUT2D eigenvalue weighted by Gasteiger charge is 2.13. The Hall–Kier alpha value is -3.36. The molecule has 2 aromatic carbocycles. The van der Waals surface area contributed by atoms with E-state index in [-0.39, 0.29) is 29.4 Å². The van der Waals surface area contributed by atoms with Crippen molar-refractivity contribution < 1.29 is 24.0 Å². The van der Waals surface area contributed by atoms with Crippen LogP contribution in [0.3, 0.4) is 0 Å². The third-order valence-corrected chi connectivity index (χ3v) is 3.11. The van der Waals surface area contributed by atoms with Crippen molar-refractivity contribution in [3.63, 3.8) is 0 Å². The average molecular weight is 335 g/mol. The lowest BCUT2D eigenvalue weighted by atomic mass is 10.2. The van der Waals surface area contributed by atoms with E-state index in [1.165, 1.54) is 19.2 Å². The van der Waals surface area contributed by atoms with Crippen LogP contribution in [0.1, 0.15) is 5.56 Å². The molecule has 0 fully saturated rings. The molecule has 0 aromatic heterocycles. The molecule has 2 rings (SSSR count). The third-order valence-electron chi connectivity index (χ3n) is 3.11. The van der Waals surface area contributed by atoms with Crippen molar-refractivity contribution in [1.82, 2.24) is 5.32 Å². The average Bonchev–Trinajstić information content (AvgIpc) is 2.56. The van der Waals surface area contributed by atoms with Gasteiger partial charge in [-0.05, 0) is 23.8 Å². The van der Waals surface area contributed by atoms with Crippen LogP contribution < -0.4 is 15.4 Å². The van der Waals surface area contributed by atoms with Crippen molar-refractivity contribution in [2.24, 2.45) is 0 Å². The predicted molar refractivity (Wildman–Crippen MR) is 83.6 cm³/mol. The second kappa shape index (κ2) is 7.27. The Bertz CT molecular complexity index is 782. The number of urea groups is 1. The van der Waals surface area contributed by atoms with E-state index in [0.29, 0.717) is 5.56 Å². The van der Waals surface area contributed by atoms with Gasteiger partial charge in [0.1, 0.15) is 5.82 Å². The molecule has 2 aromatic rings. The monoisotopic (exact) mass is 335 g/mol. The molecule has 0 aliphatic carbocycles. The van der Waals surface area contributed by atoms with Crippen LogP contribution in [-0.4, -0.2) is 23.2 Å². The summed E-state index contributed by atoms with van der Waals surface area (Å²) in [4.78, 5) is 21.8. The number of methoxy groups -OCH3 is 1. The Labute approximate surface area is 136 Å². The first-order chi connectivity index (χ1) is 11.4. The number of halogens is 1. The highest BCUT2D eigenvalue weighted by molar-refractivity contribution is 5.89. The molecular weight excluding hydrogens is 321 g/mol. The van der Waals surface area contributed by atoms with Gasteiger partial charge in [-0.15, -0.1) is 0 Å². The Morgan fingerprint density at radius 2 is 2.08 bits per heavy atom. The van der Waals surface area contributed by atoms with E-state index in [2.05, 4.69) is 10.6 Å². The summed E-state index contributed by atoms with van der Waals surface area (Å²) in [5.41, 5.74) is -0.000674. The number of carbonyl (C=O) groups is 1. The number of hydrogen-bond donors (Lipinski definition) is 3. The number of nitro groups is 1. The minimum atomic E-state index is -0.790. The van der Waals surface area contributed by atoms with Gasteiger partial charge in [0.15, 0.2) is 11.5 Å². The van der Waals surface area contributed by atoms with Gasteiger partial charge < -0.3 is 20.5 Å². The number of nitro benzene ring substituents is 1. The van der Waals surface area contributed by atoms with Crippen LogP contribution in [0.15, 0.2) is 36.4 Å². The van der Waals surface area contributed by atoms with Gasteiger partial charge in [-0.25, -0.2) is 9.18 Å². The molecule has 0 atom stereocenters. The Morgan fingerprint density at radius 1 is 1.33 bits per heavy atom. The number of hydrogen-bond acceptors (Lipinski definition) is 5. The van der Waals surface area contributed by atoms with Crippen molar-refractivity contribution >= 4 is 17.4 Å². The van der Waals surface area contributed by atoms with E-state index in [1.54, 1.807) is 6.07 Å². The summed E-state index contributed by atoms with van der Waals surface area (Å²) < 4.78 is 18.5. The first kappa shape index (κ1) is 17.0. The topological polar surface area (TPSA) is 114 Å². The molecule has 0 radical (unpaired) electrons. The Kier molecular flexibility index (Phi) is 5.15. The van der Waals surface area contributed by atoms with Gasteiger partial charge in [0, 0.05) is 18.7 Å². The molecule has 126 valence electrons. The SMILES string of the molecule is COc1cc(CNC(=O)Nc2cc([N+](=O)[O-])ccc2F)ccc1O. The molecular formula is C15H14FN3O5. The lowest BCUT2D eigenvalue weighted by Gasteiger charge is -2.10. The first-order valence-corrected chi connectivity index (χ1v) is 6.75. The summed E-state index contributed by atoms with van der Waals surface area (Å²) in [7, 11) is 1.39. The van der Waals surface area contributed by atoms with Crippen LogP contribution in [0.4, 0.5) is 20.6 Å². The summed E-state index contributed by atoms with van der Waals surface area (Å²) in [5, 5.41) is 24.8. The molecule has 8 nitrogen and oxygen atoms in total. The van der Waals surface area contributed by atoms with Crippen LogP contribution in [0, 0.1) is 15.9 Å². The van der Waals surface area contributed by atoms with Gasteiger partial charge in [0.2, 0.25) is 0 Å². The van der Waals surface area contributed by atoms with Crippen LogP contribution in [0.5, 0.6) is 11.5 Å². The van der Waals surface area contributed by atoms with Gasteiger partial charge in [-0.2, -0.15) is 0 Å². The second-order valence-corrected chi connectivity index (χ2v) is 4.74. The number of benzene rings is 2. The van der Waals surface area contributed by atoms with Crippen molar-refractivity contribution in [2.45, 2.75) is 6.54 Å². The van der Waals surface area contributed by atoms with E-state index in [0.717, 1.165) is 18.2 Å². The number of ether oxygens (including phenoxy) is 1. The molecule has 0 unspecified atom stereocenters. The molecule has 0 aliphatic rings. The van der Waals surface area contributed by atoms with E-state index < -0.39 is 16.8 Å². The molecule has 0 spiro atoms. The predicted octanol–water partition coefficient (Wildman–Crippen LogP) is 2.77. The Morgan fingerprint density at radius 3 is 2.75 bits per heavy atom. The van der Waals surface area contributed by atoms with Gasteiger partial charge >= 0.3 is 6.03 Å². The van der Waals surface area contributed by atoms with Crippen LogP contribution in [0.2, 0.25) is 0 Å². The number of nitrogens with zero attached hydrogens (tertiary/aromatic N) is 1. The normalized spacial score (nSPS) is 10.1. The number of carbonyl (C=O) groups excluding carboxylic acids is 1. The molecule has 2 amide bonds. The summed E-state index contributed by atoms with van der Waals surface area (Å²) in [5.74, 6) is -0.578. The maximum atomic E-state index is 13.6. The lowest BCUT2D eigenvalue weighted by molar-refractivity contribution is -0.384. The zero-order chi connectivity index (χ0) is 17.7. The number of nitrogens with one attached hydrogen (secondary N) is 2. The fourth-order valence-corrected chi connectivity index (χ4v) is 1.90. The highest BCUT2D eigenvalue weighted by atomic mass is 19.1.